The molecule has 0 saturated carbocycles. The SMILES string of the molecule is CC(C)C[C@H](N)C(=O)NC(C)(C)C(N)=O. The van der Waals surface area contributed by atoms with Gasteiger partial charge in [-0.25, -0.2) is 0 Å². The molecule has 15 heavy (non-hydrogen) atoms. The number of nitrogens with one attached hydrogen (secondary N) is 1. The smallest absolute Gasteiger partial charge is 0.242 e. The molecule has 0 aromatic rings. The highest BCUT2D eigenvalue weighted by molar-refractivity contribution is 5.91. The van der Waals surface area contributed by atoms with Crippen molar-refractivity contribution < 1.29 is 9.59 Å². The second kappa shape index (κ2) is 5.11. The average molecular weight is 215 g/mol. The molecule has 2 amide bonds. The number of carbonyl (C=O) groups excluding carboxylic acids is 2. The monoisotopic (exact) mass is 215 g/mol. The van der Waals surface area contributed by atoms with Crippen LogP contribution in [0.2, 0.25) is 0 Å². The van der Waals surface area contributed by atoms with Crippen LogP contribution in [0.15, 0.2) is 0 Å². The van der Waals surface area contributed by atoms with Crippen molar-refractivity contribution in [3.8, 4) is 0 Å². The maximum Gasteiger partial charge on any atom is 0.242 e. The minimum Gasteiger partial charge on any atom is -0.368 e. The van der Waals surface area contributed by atoms with Crippen LogP contribution in [-0.2, 0) is 9.59 Å². The first-order chi connectivity index (χ1) is 6.66. The fraction of sp³-hybridized carbons (Fsp3) is 0.800. The molecule has 5 nitrogen and oxygen atoms in total. The summed E-state index contributed by atoms with van der Waals surface area (Å²) >= 11 is 0. The molecule has 0 aliphatic carbocycles. The highest BCUT2D eigenvalue weighted by Crippen LogP contribution is 2.05. The van der Waals surface area contributed by atoms with Crippen LogP contribution in [0.1, 0.15) is 34.1 Å². The summed E-state index contributed by atoms with van der Waals surface area (Å²) in [5.74, 6) is -0.581. The fourth-order valence-corrected chi connectivity index (χ4v) is 1.08. The predicted molar refractivity (Wildman–Crippen MR) is 58.8 cm³/mol. The van der Waals surface area contributed by atoms with E-state index in [-0.39, 0.29) is 5.91 Å². The van der Waals surface area contributed by atoms with Gasteiger partial charge in [-0.15, -0.1) is 0 Å². The van der Waals surface area contributed by atoms with Crippen molar-refractivity contribution in [2.24, 2.45) is 17.4 Å². The van der Waals surface area contributed by atoms with Gasteiger partial charge in [0.2, 0.25) is 11.8 Å². The van der Waals surface area contributed by atoms with E-state index in [2.05, 4.69) is 5.32 Å². The van der Waals surface area contributed by atoms with Gasteiger partial charge in [-0.05, 0) is 26.2 Å². The van der Waals surface area contributed by atoms with E-state index in [4.69, 9.17) is 11.5 Å². The molecular formula is C10H21N3O2. The molecular weight excluding hydrogens is 194 g/mol. The Morgan fingerprint density at radius 2 is 1.80 bits per heavy atom. The zero-order valence-electron chi connectivity index (χ0n) is 9.83. The van der Waals surface area contributed by atoms with E-state index in [1.807, 2.05) is 13.8 Å². The van der Waals surface area contributed by atoms with Gasteiger partial charge in [0.05, 0.1) is 6.04 Å². The number of carbonyl (C=O) groups is 2. The number of hydrogen-bond donors (Lipinski definition) is 3. The minimum absolute atomic E-state index is 0.336. The molecule has 88 valence electrons. The summed E-state index contributed by atoms with van der Waals surface area (Å²) in [4.78, 5) is 22.5. The summed E-state index contributed by atoms with van der Waals surface area (Å²) in [5, 5.41) is 2.52. The van der Waals surface area contributed by atoms with Crippen molar-refractivity contribution in [3.05, 3.63) is 0 Å². The minimum atomic E-state index is -1.05. The molecule has 5 N–H and O–H groups in total. The Bertz CT molecular complexity index is 249. The van der Waals surface area contributed by atoms with Crippen molar-refractivity contribution in [2.75, 3.05) is 0 Å². The first kappa shape index (κ1) is 13.9. The van der Waals surface area contributed by atoms with Gasteiger partial charge in [0.25, 0.3) is 0 Å². The lowest BCUT2D eigenvalue weighted by molar-refractivity contribution is -0.131. The largest absolute Gasteiger partial charge is 0.368 e. The zero-order chi connectivity index (χ0) is 12.2. The molecule has 0 fully saturated rings. The van der Waals surface area contributed by atoms with Gasteiger partial charge in [-0.1, -0.05) is 13.8 Å². The number of hydrogen-bond acceptors (Lipinski definition) is 3. The predicted octanol–water partition coefficient (Wildman–Crippen LogP) is -0.260. The lowest BCUT2D eigenvalue weighted by Crippen LogP contribution is -2.57. The molecule has 0 aromatic heterocycles. The summed E-state index contributed by atoms with van der Waals surface area (Å²) in [6, 6.07) is -0.594. The lowest BCUT2D eigenvalue weighted by atomic mass is 10.0. The second-order valence-corrected chi connectivity index (χ2v) is 4.71. The summed E-state index contributed by atoms with van der Waals surface area (Å²) in [6.07, 6.45) is 0.584. The molecule has 0 spiro atoms. The maximum absolute atomic E-state index is 11.6. The van der Waals surface area contributed by atoms with E-state index < -0.39 is 17.5 Å². The Hall–Kier alpha value is -1.10. The summed E-state index contributed by atoms with van der Waals surface area (Å²) in [5.41, 5.74) is 9.74. The van der Waals surface area contributed by atoms with Crippen molar-refractivity contribution in [2.45, 2.75) is 45.7 Å². The molecule has 0 aromatic carbocycles. The molecule has 5 heteroatoms. The van der Waals surface area contributed by atoms with Gasteiger partial charge >= 0.3 is 0 Å². The third-order valence-electron chi connectivity index (χ3n) is 2.11. The summed E-state index contributed by atoms with van der Waals surface area (Å²) in [6.45, 7) is 7.06. The molecule has 0 saturated heterocycles. The molecule has 1 atom stereocenters. The number of nitrogens with two attached hydrogens (primary N) is 2. The van der Waals surface area contributed by atoms with Crippen molar-refractivity contribution in [3.63, 3.8) is 0 Å². The number of amides is 2. The van der Waals surface area contributed by atoms with Crippen LogP contribution >= 0.6 is 0 Å². The third kappa shape index (κ3) is 4.78. The Morgan fingerprint density at radius 3 is 2.13 bits per heavy atom. The van der Waals surface area contributed by atoms with E-state index in [1.54, 1.807) is 13.8 Å². The first-order valence-corrected chi connectivity index (χ1v) is 5.04. The summed E-state index contributed by atoms with van der Waals surface area (Å²) in [7, 11) is 0. The Balaban J connectivity index is 4.30. The van der Waals surface area contributed by atoms with Crippen molar-refractivity contribution in [1.29, 1.82) is 0 Å². The maximum atomic E-state index is 11.6. The van der Waals surface area contributed by atoms with Gasteiger partial charge in [0.15, 0.2) is 0 Å². The van der Waals surface area contributed by atoms with Crippen molar-refractivity contribution >= 4 is 11.8 Å². The lowest BCUT2D eigenvalue weighted by Gasteiger charge is -2.24. The van der Waals surface area contributed by atoms with Crippen LogP contribution in [0.5, 0.6) is 0 Å². The molecule has 0 aliphatic rings. The molecule has 0 rings (SSSR count). The molecule has 0 bridgehead atoms. The van der Waals surface area contributed by atoms with E-state index in [0.29, 0.717) is 12.3 Å². The Kier molecular flexibility index (Phi) is 4.74. The molecule has 0 aliphatic heterocycles. The van der Waals surface area contributed by atoms with Gasteiger partial charge in [0.1, 0.15) is 5.54 Å². The van der Waals surface area contributed by atoms with Crippen molar-refractivity contribution in [1.82, 2.24) is 5.32 Å². The highest BCUT2D eigenvalue weighted by atomic mass is 16.2. The van der Waals surface area contributed by atoms with Crippen LogP contribution < -0.4 is 16.8 Å². The van der Waals surface area contributed by atoms with Crippen LogP contribution in [0, 0.1) is 5.92 Å². The number of primary amides is 1. The molecule has 0 unspecified atom stereocenters. The van der Waals surface area contributed by atoms with Gasteiger partial charge in [0, 0.05) is 0 Å². The van der Waals surface area contributed by atoms with Gasteiger partial charge in [-0.2, -0.15) is 0 Å². The molecule has 0 radical (unpaired) electrons. The highest BCUT2D eigenvalue weighted by Gasteiger charge is 2.29. The normalized spacial score (nSPS) is 13.7. The molecule has 0 heterocycles. The third-order valence-corrected chi connectivity index (χ3v) is 2.11. The van der Waals surface area contributed by atoms with E-state index in [9.17, 15) is 9.59 Å². The topological polar surface area (TPSA) is 98.2 Å². The standard InChI is InChI=1S/C10H21N3O2/c1-6(2)5-7(11)8(14)13-10(3,4)9(12)15/h6-7H,5,11H2,1-4H3,(H2,12,15)(H,13,14)/t7-/m0/s1. The van der Waals surface area contributed by atoms with E-state index in [1.165, 1.54) is 0 Å². The van der Waals surface area contributed by atoms with Gasteiger partial charge < -0.3 is 16.8 Å². The average Bonchev–Trinajstić information content (AvgIpc) is 2.01. The van der Waals surface area contributed by atoms with Crippen LogP contribution in [-0.4, -0.2) is 23.4 Å². The second-order valence-electron chi connectivity index (χ2n) is 4.71. The van der Waals surface area contributed by atoms with E-state index in [0.717, 1.165) is 0 Å². The quantitative estimate of drug-likeness (QED) is 0.589. The van der Waals surface area contributed by atoms with Gasteiger partial charge in [-0.3, -0.25) is 9.59 Å². The number of rotatable bonds is 5. The van der Waals surface area contributed by atoms with Crippen LogP contribution in [0.4, 0.5) is 0 Å². The Labute approximate surface area is 90.6 Å². The fourth-order valence-electron chi connectivity index (χ4n) is 1.08. The summed E-state index contributed by atoms with van der Waals surface area (Å²) < 4.78 is 0. The Morgan fingerprint density at radius 1 is 1.33 bits per heavy atom. The van der Waals surface area contributed by atoms with Crippen LogP contribution in [0.3, 0.4) is 0 Å². The zero-order valence-corrected chi connectivity index (χ0v) is 9.83. The van der Waals surface area contributed by atoms with Crippen LogP contribution in [0.25, 0.3) is 0 Å². The van der Waals surface area contributed by atoms with E-state index >= 15 is 0 Å². The first-order valence-electron chi connectivity index (χ1n) is 5.04.